The quantitative estimate of drug-likeness (QED) is 0.149. The van der Waals surface area contributed by atoms with E-state index in [1.54, 1.807) is 41.4 Å². The summed E-state index contributed by atoms with van der Waals surface area (Å²) in [7, 11) is 0. The first-order valence-electron chi connectivity index (χ1n) is 22.3. The number of urea groups is 1. The number of fused-ring (bicyclic) bond motifs is 1. The number of anilines is 3. The molecule has 4 amide bonds. The molecule has 1 aliphatic carbocycles. The Morgan fingerprint density at radius 2 is 1.78 bits per heavy atom. The number of nitrogen functional groups attached to an aromatic ring is 1. The van der Waals surface area contributed by atoms with Crippen molar-refractivity contribution in [2.24, 2.45) is 5.92 Å². The molecule has 64 heavy (non-hydrogen) atoms. The fourth-order valence-corrected chi connectivity index (χ4v) is 10.1. The number of imide groups is 1. The number of nitrogens with one attached hydrogen (secondary N) is 1. The van der Waals surface area contributed by atoms with E-state index in [0.29, 0.717) is 73.4 Å². The number of morpholine rings is 1. The highest BCUT2D eigenvalue weighted by molar-refractivity contribution is 6.06. The zero-order valence-electron chi connectivity index (χ0n) is 35.8. The molecular formula is C47H52F2N10O5. The summed E-state index contributed by atoms with van der Waals surface area (Å²) in [6.45, 7) is 4.90. The van der Waals surface area contributed by atoms with Gasteiger partial charge in [-0.15, -0.1) is 10.2 Å². The van der Waals surface area contributed by atoms with E-state index < -0.39 is 30.3 Å². The third kappa shape index (κ3) is 8.10. The first-order valence-corrected chi connectivity index (χ1v) is 22.3. The highest BCUT2D eigenvalue weighted by atomic mass is 19.3. The number of likely N-dealkylation sites (tertiary alicyclic amines) is 2. The van der Waals surface area contributed by atoms with E-state index in [2.05, 4.69) is 36.1 Å². The van der Waals surface area contributed by atoms with Crippen LogP contribution < -0.4 is 20.9 Å². The minimum absolute atomic E-state index is 0.0897. The van der Waals surface area contributed by atoms with Crippen molar-refractivity contribution in [1.29, 1.82) is 0 Å². The first kappa shape index (κ1) is 41.8. The number of ether oxygens (including phenoxy) is 1. The van der Waals surface area contributed by atoms with Crippen LogP contribution in [0, 0.1) is 12.8 Å². The van der Waals surface area contributed by atoms with Gasteiger partial charge in [0, 0.05) is 86.9 Å². The van der Waals surface area contributed by atoms with Crippen molar-refractivity contribution in [2.75, 3.05) is 74.5 Å². The fourth-order valence-electron chi connectivity index (χ4n) is 10.1. The van der Waals surface area contributed by atoms with Crippen LogP contribution >= 0.6 is 0 Å². The molecule has 5 aliphatic rings. The van der Waals surface area contributed by atoms with Gasteiger partial charge in [-0.3, -0.25) is 19.8 Å². The number of piperidine rings is 2. The lowest BCUT2D eigenvalue weighted by atomic mass is 9.90. The number of phenols is 1. The van der Waals surface area contributed by atoms with E-state index in [4.69, 9.17) is 15.5 Å². The van der Waals surface area contributed by atoms with Crippen molar-refractivity contribution in [3.63, 3.8) is 0 Å². The lowest BCUT2D eigenvalue weighted by molar-refractivity contribution is -0.120. The number of alkyl halides is 2. The first-order chi connectivity index (χ1) is 30.9. The summed E-state index contributed by atoms with van der Waals surface area (Å²) in [6.07, 6.45) is 7.82. The third-order valence-electron chi connectivity index (χ3n) is 13.8. The van der Waals surface area contributed by atoms with Gasteiger partial charge in [0.15, 0.2) is 5.82 Å². The van der Waals surface area contributed by atoms with Crippen LogP contribution in [0.4, 0.5) is 30.8 Å². The van der Waals surface area contributed by atoms with Crippen LogP contribution in [0.5, 0.6) is 5.75 Å². The molecule has 2 aromatic carbocycles. The van der Waals surface area contributed by atoms with E-state index in [9.17, 15) is 19.5 Å². The molecule has 2 atom stereocenters. The van der Waals surface area contributed by atoms with Gasteiger partial charge in [0.05, 0.1) is 36.4 Å². The molecule has 5 aromatic rings. The number of halogens is 2. The number of hydrogen-bond donors (Lipinski definition) is 3. The number of para-hydroxylation sites is 1. The summed E-state index contributed by atoms with van der Waals surface area (Å²) in [5, 5.41) is 22.2. The fraction of sp³-hybridized carbons (Fsp3) is 0.447. The Labute approximate surface area is 369 Å². The average molecular weight is 875 g/mol. The Balaban J connectivity index is 0.752. The Morgan fingerprint density at radius 1 is 0.969 bits per heavy atom. The second kappa shape index (κ2) is 16.7. The maximum Gasteiger partial charge on any atom is 0.328 e. The molecule has 5 fully saturated rings. The van der Waals surface area contributed by atoms with Crippen LogP contribution in [-0.4, -0.2) is 117 Å². The van der Waals surface area contributed by atoms with Gasteiger partial charge in [-0.2, -0.15) is 0 Å². The number of rotatable bonds is 9. The molecule has 0 spiro atoms. The monoisotopic (exact) mass is 874 g/mol. The maximum atomic E-state index is 16.0. The number of amides is 4. The van der Waals surface area contributed by atoms with Gasteiger partial charge < -0.3 is 34.8 Å². The van der Waals surface area contributed by atoms with E-state index in [-0.39, 0.29) is 55.6 Å². The lowest BCUT2D eigenvalue weighted by Gasteiger charge is -2.42. The van der Waals surface area contributed by atoms with Crippen LogP contribution in [0.2, 0.25) is 0 Å². The number of aryl methyl sites for hydroxylation is 1. The molecule has 0 unspecified atom stereocenters. The maximum absolute atomic E-state index is 16.0. The Kier molecular flexibility index (Phi) is 10.9. The van der Waals surface area contributed by atoms with Crippen molar-refractivity contribution in [1.82, 2.24) is 34.9 Å². The molecule has 4 N–H and O–H groups in total. The number of aromatic hydroxyl groups is 1. The highest BCUT2D eigenvalue weighted by Crippen LogP contribution is 2.46. The number of aromatic nitrogens is 4. The predicted octanol–water partition coefficient (Wildman–Crippen LogP) is 6.43. The minimum atomic E-state index is -3.04. The lowest BCUT2D eigenvalue weighted by Crippen LogP contribution is -2.54. The standard InChI is InChI=1S/C47H52F2N10O5/c1-28-20-30(8-9-34(28)41-26-56(18-19-64-41)39-22-38(53-54-43(39)50)35-4-2-3-5-40(35)60)45(62)57-16-10-31(47(48,49)27-57)24-55-14-11-32(12-15-55)59-25-37(29-6-7-29)36-21-33(23-51-44(36)59)58-17-13-42(61)52-46(58)63/h2-5,8-9,20-23,25,29,31-32,41,60H,6-7,10-19,24,26-27H2,1H3,(H2,50,54)(H,52,61,63)/t31-,41-/m0/s1. The molecule has 7 heterocycles. The van der Waals surface area contributed by atoms with Gasteiger partial charge in [-0.1, -0.05) is 18.2 Å². The van der Waals surface area contributed by atoms with Crippen molar-refractivity contribution in [3.8, 4) is 17.0 Å². The average Bonchev–Trinajstić information content (AvgIpc) is 4.07. The van der Waals surface area contributed by atoms with Crippen LogP contribution in [0.1, 0.15) is 83.6 Å². The summed E-state index contributed by atoms with van der Waals surface area (Å²) < 4.78 is 40.4. The largest absolute Gasteiger partial charge is 0.507 e. The molecule has 17 heteroatoms. The molecule has 4 saturated heterocycles. The van der Waals surface area contributed by atoms with Crippen molar-refractivity contribution in [2.45, 2.75) is 69.4 Å². The molecule has 15 nitrogen and oxygen atoms in total. The number of phenolic OH excluding ortho intramolecular Hbond substituents is 1. The van der Waals surface area contributed by atoms with Gasteiger partial charge in [-0.05, 0) is 98.0 Å². The van der Waals surface area contributed by atoms with Crippen molar-refractivity contribution < 1.29 is 33.0 Å². The van der Waals surface area contributed by atoms with E-state index in [0.717, 1.165) is 47.8 Å². The van der Waals surface area contributed by atoms with E-state index in [1.807, 2.05) is 31.2 Å². The number of hydrogen-bond acceptors (Lipinski definition) is 11. The third-order valence-corrected chi connectivity index (χ3v) is 13.8. The topological polar surface area (TPSA) is 175 Å². The molecule has 4 aliphatic heterocycles. The SMILES string of the molecule is Cc1cc(C(=O)N2CC[C@@H](CN3CCC(n4cc(C5CC5)c5cc(N6CCC(=O)NC6=O)cnc54)CC3)C(F)(F)C2)ccc1[C@@H]1CN(c2cc(-c3ccccc3O)nnc2N)CCO1. The minimum Gasteiger partial charge on any atom is -0.507 e. The number of benzene rings is 2. The van der Waals surface area contributed by atoms with E-state index in [1.165, 1.54) is 10.5 Å². The van der Waals surface area contributed by atoms with Crippen LogP contribution in [0.15, 0.2) is 67.0 Å². The Morgan fingerprint density at radius 3 is 2.53 bits per heavy atom. The van der Waals surface area contributed by atoms with Crippen LogP contribution in [-0.2, 0) is 9.53 Å². The van der Waals surface area contributed by atoms with Gasteiger partial charge in [0.1, 0.15) is 17.5 Å². The number of pyridine rings is 1. The van der Waals surface area contributed by atoms with E-state index >= 15 is 8.78 Å². The van der Waals surface area contributed by atoms with Crippen molar-refractivity contribution >= 4 is 46.1 Å². The number of carbonyl (C=O) groups excluding carboxylic acids is 3. The summed E-state index contributed by atoms with van der Waals surface area (Å²) in [5.41, 5.74) is 12.8. The normalized spacial score (nSPS) is 22.3. The van der Waals surface area contributed by atoms with Gasteiger partial charge in [-0.25, -0.2) is 18.6 Å². The summed E-state index contributed by atoms with van der Waals surface area (Å²) in [4.78, 5) is 50.0. The molecule has 1 saturated carbocycles. The number of nitrogens with two attached hydrogens (primary N) is 1. The Bertz CT molecular complexity index is 2630. The molecule has 334 valence electrons. The summed E-state index contributed by atoms with van der Waals surface area (Å²) >= 11 is 0. The van der Waals surface area contributed by atoms with Gasteiger partial charge >= 0.3 is 6.03 Å². The smallest absolute Gasteiger partial charge is 0.328 e. The second-order valence-electron chi connectivity index (χ2n) is 18.0. The van der Waals surface area contributed by atoms with Gasteiger partial charge in [0.25, 0.3) is 11.8 Å². The zero-order valence-corrected chi connectivity index (χ0v) is 35.8. The molecule has 3 aromatic heterocycles. The highest BCUT2D eigenvalue weighted by Gasteiger charge is 2.47. The summed E-state index contributed by atoms with van der Waals surface area (Å²) in [5.74, 6) is -3.79. The van der Waals surface area contributed by atoms with Gasteiger partial charge in [0.2, 0.25) is 5.91 Å². The molecule has 0 bridgehead atoms. The van der Waals surface area contributed by atoms with Crippen LogP contribution in [0.25, 0.3) is 22.3 Å². The molecular weight excluding hydrogens is 823 g/mol. The number of carbonyl (C=O) groups is 3. The predicted molar refractivity (Wildman–Crippen MR) is 237 cm³/mol. The zero-order chi connectivity index (χ0) is 44.3. The summed E-state index contributed by atoms with van der Waals surface area (Å²) in [6, 6.07) is 15.8. The van der Waals surface area contributed by atoms with Crippen molar-refractivity contribution in [3.05, 3.63) is 89.2 Å². The second-order valence-corrected chi connectivity index (χ2v) is 18.0. The van der Waals surface area contributed by atoms with Crippen LogP contribution in [0.3, 0.4) is 0 Å². The molecule has 0 radical (unpaired) electrons. The Hall–Kier alpha value is -6.20. The number of nitrogens with zero attached hydrogens (tertiary/aromatic N) is 8. The molecule has 10 rings (SSSR count).